The second-order valence-corrected chi connectivity index (χ2v) is 4.23. The van der Waals surface area contributed by atoms with Gasteiger partial charge in [0.15, 0.2) is 0 Å². The molecule has 1 heterocycles. The topological polar surface area (TPSA) is 68.3 Å². The van der Waals surface area contributed by atoms with E-state index in [1.54, 1.807) is 6.07 Å². The summed E-state index contributed by atoms with van der Waals surface area (Å²) in [6.07, 6.45) is 0. The molecular formula is C13H13FN2O3. The Kier molecular flexibility index (Phi) is 3.50. The van der Waals surface area contributed by atoms with Crippen molar-refractivity contribution in [3.8, 4) is 0 Å². The first-order chi connectivity index (χ1) is 8.97. The van der Waals surface area contributed by atoms with Gasteiger partial charge in [-0.25, -0.2) is 4.39 Å². The Morgan fingerprint density at radius 2 is 2.11 bits per heavy atom. The van der Waals surface area contributed by atoms with Crippen molar-refractivity contribution in [3.05, 3.63) is 57.8 Å². The van der Waals surface area contributed by atoms with Gasteiger partial charge >= 0.3 is 0 Å². The number of furan rings is 1. The molecule has 1 aromatic heterocycles. The van der Waals surface area contributed by atoms with Crippen LogP contribution in [0.4, 0.5) is 15.8 Å². The fourth-order valence-corrected chi connectivity index (χ4v) is 1.77. The molecule has 0 radical (unpaired) electrons. The third kappa shape index (κ3) is 2.90. The smallest absolute Gasteiger partial charge is 0.295 e. The molecule has 5 nitrogen and oxygen atoms in total. The molecule has 1 atom stereocenters. The van der Waals surface area contributed by atoms with E-state index in [0.717, 1.165) is 11.8 Å². The third-order valence-electron chi connectivity index (χ3n) is 2.72. The van der Waals surface area contributed by atoms with Crippen molar-refractivity contribution < 1.29 is 13.7 Å². The summed E-state index contributed by atoms with van der Waals surface area (Å²) < 4.78 is 18.5. The van der Waals surface area contributed by atoms with Crippen LogP contribution in [-0.4, -0.2) is 4.92 Å². The second kappa shape index (κ2) is 5.09. The van der Waals surface area contributed by atoms with Crippen molar-refractivity contribution in [2.75, 3.05) is 5.32 Å². The lowest BCUT2D eigenvalue weighted by Crippen LogP contribution is -2.07. The Labute approximate surface area is 109 Å². The predicted molar refractivity (Wildman–Crippen MR) is 68.5 cm³/mol. The van der Waals surface area contributed by atoms with Gasteiger partial charge in [0.05, 0.1) is 17.0 Å². The van der Waals surface area contributed by atoms with Crippen LogP contribution in [0.3, 0.4) is 0 Å². The van der Waals surface area contributed by atoms with E-state index < -0.39 is 10.7 Å². The monoisotopic (exact) mass is 264 g/mol. The predicted octanol–water partition coefficient (Wildman–Crippen LogP) is 3.81. The van der Waals surface area contributed by atoms with Crippen LogP contribution in [0, 0.1) is 22.9 Å². The average Bonchev–Trinajstić information content (AvgIpc) is 2.78. The maximum Gasteiger partial charge on any atom is 0.295 e. The molecule has 0 saturated heterocycles. The maximum atomic E-state index is 13.0. The van der Waals surface area contributed by atoms with E-state index >= 15 is 0 Å². The number of hydrogen-bond donors (Lipinski definition) is 1. The van der Waals surface area contributed by atoms with E-state index in [1.807, 2.05) is 19.9 Å². The number of aryl methyl sites for hydroxylation is 1. The quantitative estimate of drug-likeness (QED) is 0.673. The molecule has 0 fully saturated rings. The second-order valence-electron chi connectivity index (χ2n) is 4.23. The number of halogens is 1. The molecular weight excluding hydrogens is 251 g/mol. The minimum atomic E-state index is -0.640. The van der Waals surface area contributed by atoms with E-state index in [4.69, 9.17) is 4.42 Å². The summed E-state index contributed by atoms with van der Waals surface area (Å²) in [4.78, 5) is 10.3. The van der Waals surface area contributed by atoms with E-state index in [1.165, 1.54) is 12.1 Å². The van der Waals surface area contributed by atoms with Gasteiger partial charge < -0.3 is 9.73 Å². The van der Waals surface area contributed by atoms with Crippen LogP contribution in [0.5, 0.6) is 0 Å². The zero-order valence-corrected chi connectivity index (χ0v) is 10.5. The molecule has 1 aromatic carbocycles. The molecule has 2 rings (SSSR count). The van der Waals surface area contributed by atoms with E-state index in [-0.39, 0.29) is 17.4 Å². The largest absolute Gasteiger partial charge is 0.464 e. The van der Waals surface area contributed by atoms with Crippen LogP contribution in [0.25, 0.3) is 0 Å². The van der Waals surface area contributed by atoms with E-state index in [2.05, 4.69) is 5.32 Å². The molecule has 0 spiro atoms. The summed E-state index contributed by atoms with van der Waals surface area (Å²) in [5.41, 5.74) is -0.0388. The number of rotatable bonds is 4. The Hall–Kier alpha value is -2.37. The third-order valence-corrected chi connectivity index (χ3v) is 2.72. The van der Waals surface area contributed by atoms with Gasteiger partial charge in [0, 0.05) is 0 Å². The highest BCUT2D eigenvalue weighted by Crippen LogP contribution is 2.29. The standard InChI is InChI=1S/C13H13FN2O3/c1-8-3-6-13(19-8)9(2)15-11-5-4-10(14)7-12(11)16(17)18/h3-7,9,15H,1-2H3. The van der Waals surface area contributed by atoms with Gasteiger partial charge in [0.25, 0.3) is 5.69 Å². The minimum Gasteiger partial charge on any atom is -0.464 e. The molecule has 19 heavy (non-hydrogen) atoms. The normalized spacial score (nSPS) is 12.2. The Balaban J connectivity index is 2.26. The van der Waals surface area contributed by atoms with Crippen LogP contribution in [0.2, 0.25) is 0 Å². The summed E-state index contributed by atoms with van der Waals surface area (Å²) in [5, 5.41) is 13.8. The lowest BCUT2D eigenvalue weighted by atomic mass is 10.2. The molecule has 100 valence electrons. The van der Waals surface area contributed by atoms with Crippen LogP contribution in [0.15, 0.2) is 34.7 Å². The lowest BCUT2D eigenvalue weighted by Gasteiger charge is -2.13. The molecule has 0 amide bonds. The Bertz CT molecular complexity index is 610. The molecule has 0 aliphatic carbocycles. The van der Waals surface area contributed by atoms with Gasteiger partial charge in [-0.1, -0.05) is 0 Å². The highest BCUT2D eigenvalue weighted by molar-refractivity contribution is 5.62. The molecule has 6 heteroatoms. The molecule has 1 N–H and O–H groups in total. The lowest BCUT2D eigenvalue weighted by molar-refractivity contribution is -0.384. The summed E-state index contributed by atoms with van der Waals surface area (Å²) in [6.45, 7) is 3.63. The molecule has 2 aromatic rings. The van der Waals surface area contributed by atoms with Crippen molar-refractivity contribution in [1.82, 2.24) is 0 Å². The average molecular weight is 264 g/mol. The van der Waals surface area contributed by atoms with Crippen molar-refractivity contribution in [2.24, 2.45) is 0 Å². The van der Waals surface area contributed by atoms with E-state index in [9.17, 15) is 14.5 Å². The van der Waals surface area contributed by atoms with Gasteiger partial charge in [-0.15, -0.1) is 0 Å². The van der Waals surface area contributed by atoms with Gasteiger partial charge in [0.1, 0.15) is 23.0 Å². The first kappa shape index (κ1) is 13.1. The first-order valence-electron chi connectivity index (χ1n) is 5.74. The summed E-state index contributed by atoms with van der Waals surface area (Å²) in [6, 6.07) is 6.77. The summed E-state index contributed by atoms with van der Waals surface area (Å²) in [7, 11) is 0. The van der Waals surface area contributed by atoms with Crippen molar-refractivity contribution in [1.29, 1.82) is 0 Å². The van der Waals surface area contributed by atoms with Gasteiger partial charge in [-0.3, -0.25) is 10.1 Å². The number of nitrogens with zero attached hydrogens (tertiary/aromatic N) is 1. The Morgan fingerprint density at radius 1 is 1.37 bits per heavy atom. The number of anilines is 1. The zero-order chi connectivity index (χ0) is 14.0. The van der Waals surface area contributed by atoms with Crippen molar-refractivity contribution in [3.63, 3.8) is 0 Å². The molecule has 0 bridgehead atoms. The number of nitrogens with one attached hydrogen (secondary N) is 1. The number of hydrogen-bond acceptors (Lipinski definition) is 4. The SMILES string of the molecule is Cc1ccc(C(C)Nc2ccc(F)cc2[N+](=O)[O-])o1. The number of nitro benzene ring substituents is 1. The minimum absolute atomic E-state index is 0.252. The number of nitro groups is 1. The van der Waals surface area contributed by atoms with Crippen LogP contribution >= 0.6 is 0 Å². The van der Waals surface area contributed by atoms with Crippen LogP contribution < -0.4 is 5.32 Å². The molecule has 1 unspecified atom stereocenters. The first-order valence-corrected chi connectivity index (χ1v) is 5.74. The van der Waals surface area contributed by atoms with Gasteiger partial charge in [0.2, 0.25) is 0 Å². The number of benzene rings is 1. The van der Waals surface area contributed by atoms with Crippen LogP contribution in [-0.2, 0) is 0 Å². The fourth-order valence-electron chi connectivity index (χ4n) is 1.77. The van der Waals surface area contributed by atoms with Crippen molar-refractivity contribution >= 4 is 11.4 Å². The van der Waals surface area contributed by atoms with Crippen LogP contribution in [0.1, 0.15) is 24.5 Å². The van der Waals surface area contributed by atoms with E-state index in [0.29, 0.717) is 5.76 Å². The molecule has 0 saturated carbocycles. The maximum absolute atomic E-state index is 13.0. The fraction of sp³-hybridized carbons (Fsp3) is 0.231. The molecule has 0 aliphatic rings. The highest BCUT2D eigenvalue weighted by Gasteiger charge is 2.18. The van der Waals surface area contributed by atoms with Crippen molar-refractivity contribution in [2.45, 2.75) is 19.9 Å². The van der Waals surface area contributed by atoms with Gasteiger partial charge in [-0.2, -0.15) is 0 Å². The highest BCUT2D eigenvalue weighted by atomic mass is 19.1. The summed E-state index contributed by atoms with van der Waals surface area (Å²) >= 11 is 0. The molecule has 0 aliphatic heterocycles. The van der Waals surface area contributed by atoms with Gasteiger partial charge in [-0.05, 0) is 38.1 Å². The summed E-state index contributed by atoms with van der Waals surface area (Å²) in [5.74, 6) is 0.784. The zero-order valence-electron chi connectivity index (χ0n) is 10.5. The Morgan fingerprint density at radius 3 is 2.68 bits per heavy atom.